The Morgan fingerprint density at radius 2 is 1.68 bits per heavy atom. The molecule has 1 atom stereocenters. The van der Waals surface area contributed by atoms with E-state index in [-0.39, 0.29) is 5.82 Å². The Balaban J connectivity index is 2.28. The molecule has 0 saturated carbocycles. The van der Waals surface area contributed by atoms with Gasteiger partial charge in [0.1, 0.15) is 5.82 Å². The fourth-order valence-corrected chi connectivity index (χ4v) is 2.71. The van der Waals surface area contributed by atoms with Crippen molar-refractivity contribution in [3.8, 4) is 0 Å². The largest absolute Gasteiger partial charge is 0.388 e. The Morgan fingerprint density at radius 1 is 1.05 bits per heavy atom. The van der Waals surface area contributed by atoms with E-state index in [9.17, 15) is 9.50 Å². The van der Waals surface area contributed by atoms with Crippen LogP contribution in [0.3, 0.4) is 0 Å². The van der Waals surface area contributed by atoms with Crippen LogP contribution in [-0.4, -0.2) is 5.11 Å². The molecule has 0 bridgehead atoms. The monoisotopic (exact) mass is 258 g/mol. The van der Waals surface area contributed by atoms with Crippen molar-refractivity contribution in [2.24, 2.45) is 0 Å². The van der Waals surface area contributed by atoms with Crippen LogP contribution in [0.1, 0.15) is 33.9 Å². The van der Waals surface area contributed by atoms with E-state index in [1.54, 1.807) is 6.07 Å². The molecule has 0 heterocycles. The van der Waals surface area contributed by atoms with Crippen molar-refractivity contribution in [3.05, 3.63) is 70.0 Å². The molecule has 0 fully saturated rings. The minimum absolute atomic E-state index is 0.262. The Morgan fingerprint density at radius 3 is 2.26 bits per heavy atom. The van der Waals surface area contributed by atoms with Crippen LogP contribution < -0.4 is 0 Å². The van der Waals surface area contributed by atoms with Crippen LogP contribution in [-0.2, 0) is 6.42 Å². The summed E-state index contributed by atoms with van der Waals surface area (Å²) in [6.07, 6.45) is -0.162. The fourth-order valence-electron chi connectivity index (χ4n) is 2.71. The molecule has 1 nitrogen and oxygen atoms in total. The third-order valence-electron chi connectivity index (χ3n) is 3.39. The molecule has 0 aliphatic carbocycles. The Kier molecular flexibility index (Phi) is 4.01. The van der Waals surface area contributed by atoms with Crippen LogP contribution >= 0.6 is 0 Å². The normalized spacial score (nSPS) is 12.5. The quantitative estimate of drug-likeness (QED) is 0.881. The summed E-state index contributed by atoms with van der Waals surface area (Å²) in [6, 6.07) is 10.5. The maximum absolute atomic E-state index is 13.1. The zero-order chi connectivity index (χ0) is 14.0. The summed E-state index contributed by atoms with van der Waals surface area (Å²) in [6.45, 7) is 6.05. The second kappa shape index (κ2) is 5.54. The second-order valence-electron chi connectivity index (χ2n) is 5.16. The smallest absolute Gasteiger partial charge is 0.123 e. The van der Waals surface area contributed by atoms with E-state index in [2.05, 4.69) is 12.1 Å². The van der Waals surface area contributed by atoms with E-state index < -0.39 is 6.10 Å². The Labute approximate surface area is 113 Å². The van der Waals surface area contributed by atoms with Gasteiger partial charge < -0.3 is 5.11 Å². The highest BCUT2D eigenvalue weighted by Crippen LogP contribution is 2.26. The zero-order valence-corrected chi connectivity index (χ0v) is 11.6. The number of rotatable bonds is 3. The summed E-state index contributed by atoms with van der Waals surface area (Å²) in [5.41, 5.74) is 5.13. The maximum atomic E-state index is 13.1. The van der Waals surface area contributed by atoms with Gasteiger partial charge in [0.2, 0.25) is 0 Å². The van der Waals surface area contributed by atoms with Crippen LogP contribution in [0.4, 0.5) is 4.39 Å². The first-order valence-corrected chi connectivity index (χ1v) is 6.47. The van der Waals surface area contributed by atoms with Crippen molar-refractivity contribution < 1.29 is 9.50 Å². The minimum Gasteiger partial charge on any atom is -0.388 e. The van der Waals surface area contributed by atoms with Crippen molar-refractivity contribution >= 4 is 0 Å². The van der Waals surface area contributed by atoms with E-state index in [4.69, 9.17) is 0 Å². The minimum atomic E-state index is -0.595. The average Bonchev–Trinajstić information content (AvgIpc) is 2.27. The zero-order valence-electron chi connectivity index (χ0n) is 11.6. The van der Waals surface area contributed by atoms with Crippen molar-refractivity contribution in [1.82, 2.24) is 0 Å². The van der Waals surface area contributed by atoms with E-state index in [1.807, 2.05) is 26.8 Å². The molecule has 1 N–H and O–H groups in total. The lowest BCUT2D eigenvalue weighted by molar-refractivity contribution is 0.177. The number of aliphatic hydroxyl groups excluding tert-OH is 1. The van der Waals surface area contributed by atoms with Crippen LogP contribution in [0.2, 0.25) is 0 Å². The molecule has 100 valence electrons. The molecule has 2 rings (SSSR count). The van der Waals surface area contributed by atoms with Gasteiger partial charge in [-0.15, -0.1) is 0 Å². The number of halogens is 1. The van der Waals surface area contributed by atoms with Crippen LogP contribution in [0.15, 0.2) is 36.4 Å². The van der Waals surface area contributed by atoms with E-state index in [0.29, 0.717) is 6.42 Å². The second-order valence-corrected chi connectivity index (χ2v) is 5.16. The molecule has 0 aliphatic heterocycles. The van der Waals surface area contributed by atoms with Crippen LogP contribution in [0, 0.1) is 26.6 Å². The molecule has 0 aromatic heterocycles. The SMILES string of the molecule is Cc1cc(C)c(C(O)Cc2cccc(F)c2)c(C)c1. The van der Waals surface area contributed by atoms with Gasteiger partial charge in [-0.1, -0.05) is 29.8 Å². The van der Waals surface area contributed by atoms with Crippen molar-refractivity contribution in [2.75, 3.05) is 0 Å². The topological polar surface area (TPSA) is 20.2 Å². The highest BCUT2D eigenvalue weighted by molar-refractivity contribution is 5.39. The maximum Gasteiger partial charge on any atom is 0.123 e. The number of aryl methyl sites for hydroxylation is 3. The van der Waals surface area contributed by atoms with Gasteiger partial charge in [0.15, 0.2) is 0 Å². The molecule has 19 heavy (non-hydrogen) atoms. The number of hydrogen-bond donors (Lipinski definition) is 1. The standard InChI is InChI=1S/C17H19FO/c1-11-7-12(2)17(13(3)8-11)16(19)10-14-5-4-6-15(18)9-14/h4-9,16,19H,10H2,1-3H3. The first-order chi connectivity index (χ1) is 8.97. The average molecular weight is 258 g/mol. The summed E-state index contributed by atoms with van der Waals surface area (Å²) < 4.78 is 13.1. The lowest BCUT2D eigenvalue weighted by Crippen LogP contribution is -2.07. The van der Waals surface area contributed by atoms with Crippen LogP contribution in [0.25, 0.3) is 0 Å². The van der Waals surface area contributed by atoms with Gasteiger partial charge in [0.25, 0.3) is 0 Å². The van der Waals surface area contributed by atoms with Crippen molar-refractivity contribution in [2.45, 2.75) is 33.3 Å². The molecule has 1 unspecified atom stereocenters. The summed E-state index contributed by atoms with van der Waals surface area (Å²) in [7, 11) is 0. The molecule has 2 heteroatoms. The molecule has 0 aliphatic rings. The molecule has 2 aromatic carbocycles. The van der Waals surface area contributed by atoms with Gasteiger partial charge in [-0.05, 0) is 55.2 Å². The predicted octanol–water partition coefficient (Wildman–Crippen LogP) is 4.03. The van der Waals surface area contributed by atoms with E-state index in [0.717, 1.165) is 22.3 Å². The fraction of sp³-hybridized carbons (Fsp3) is 0.294. The molecule has 2 aromatic rings. The summed E-state index contributed by atoms with van der Waals surface area (Å²) in [5.74, 6) is -0.262. The van der Waals surface area contributed by atoms with Crippen molar-refractivity contribution in [1.29, 1.82) is 0 Å². The Bertz CT molecular complexity index is 567. The first kappa shape index (κ1) is 13.8. The molecule has 0 spiro atoms. The van der Waals surface area contributed by atoms with Crippen LogP contribution in [0.5, 0.6) is 0 Å². The van der Waals surface area contributed by atoms with E-state index >= 15 is 0 Å². The highest BCUT2D eigenvalue weighted by atomic mass is 19.1. The third kappa shape index (κ3) is 3.21. The van der Waals surface area contributed by atoms with Gasteiger partial charge in [-0.25, -0.2) is 4.39 Å². The lowest BCUT2D eigenvalue weighted by atomic mass is 9.92. The Hall–Kier alpha value is -1.67. The number of aliphatic hydroxyl groups is 1. The molecule has 0 amide bonds. The molecule has 0 radical (unpaired) electrons. The first-order valence-electron chi connectivity index (χ1n) is 6.47. The third-order valence-corrected chi connectivity index (χ3v) is 3.39. The van der Waals surface area contributed by atoms with Gasteiger partial charge in [0.05, 0.1) is 6.10 Å². The summed E-state index contributed by atoms with van der Waals surface area (Å²) >= 11 is 0. The van der Waals surface area contributed by atoms with Gasteiger partial charge in [-0.3, -0.25) is 0 Å². The molecular formula is C17H19FO. The highest BCUT2D eigenvalue weighted by Gasteiger charge is 2.14. The number of benzene rings is 2. The lowest BCUT2D eigenvalue weighted by Gasteiger charge is -2.17. The van der Waals surface area contributed by atoms with Gasteiger partial charge >= 0.3 is 0 Å². The molecular weight excluding hydrogens is 239 g/mol. The van der Waals surface area contributed by atoms with E-state index in [1.165, 1.54) is 17.7 Å². The van der Waals surface area contributed by atoms with Gasteiger partial charge in [0, 0.05) is 6.42 Å². The van der Waals surface area contributed by atoms with Crippen molar-refractivity contribution in [3.63, 3.8) is 0 Å². The summed E-state index contributed by atoms with van der Waals surface area (Å²) in [5, 5.41) is 10.4. The molecule has 0 saturated heterocycles. The van der Waals surface area contributed by atoms with Gasteiger partial charge in [-0.2, -0.15) is 0 Å². The number of hydrogen-bond acceptors (Lipinski definition) is 1. The predicted molar refractivity (Wildman–Crippen MR) is 75.7 cm³/mol. The summed E-state index contributed by atoms with van der Waals surface area (Å²) in [4.78, 5) is 0.